The fraction of sp³-hybridized carbons (Fsp3) is 1.00. The van der Waals surface area contributed by atoms with E-state index in [2.05, 4.69) is 0 Å². The first kappa shape index (κ1) is 17.7. The molecule has 3 saturated carbocycles. The van der Waals surface area contributed by atoms with E-state index in [-0.39, 0.29) is 17.6 Å². The van der Waals surface area contributed by atoms with Gasteiger partial charge >= 0.3 is 0 Å². The SMILES string of the molecule is CC1(O)CCCCC1OC1(C2CCCCC2(C)O)CCCCC1. The smallest absolute Gasteiger partial charge is 0.0880 e. The van der Waals surface area contributed by atoms with Crippen molar-refractivity contribution >= 4 is 0 Å². The second-order valence-electron chi connectivity index (χ2n) is 8.99. The second kappa shape index (κ2) is 6.65. The molecule has 3 aliphatic carbocycles. The van der Waals surface area contributed by atoms with Gasteiger partial charge in [-0.1, -0.05) is 44.9 Å². The van der Waals surface area contributed by atoms with Crippen LogP contribution in [0.5, 0.6) is 0 Å². The molecule has 0 aliphatic heterocycles. The van der Waals surface area contributed by atoms with Crippen molar-refractivity contribution in [1.82, 2.24) is 0 Å². The molecule has 2 N–H and O–H groups in total. The number of hydrogen-bond donors (Lipinski definition) is 2. The highest BCUT2D eigenvalue weighted by Crippen LogP contribution is 2.50. The minimum absolute atomic E-state index is 0.0629. The van der Waals surface area contributed by atoms with Crippen LogP contribution in [0.1, 0.15) is 97.3 Å². The van der Waals surface area contributed by atoms with Gasteiger partial charge in [-0.25, -0.2) is 0 Å². The van der Waals surface area contributed by atoms with Crippen LogP contribution >= 0.6 is 0 Å². The highest BCUT2D eigenvalue weighted by molar-refractivity contribution is 5.03. The summed E-state index contributed by atoms with van der Waals surface area (Å²) in [7, 11) is 0. The Labute approximate surface area is 141 Å². The minimum atomic E-state index is -0.705. The molecule has 3 nitrogen and oxygen atoms in total. The summed E-state index contributed by atoms with van der Waals surface area (Å²) in [6.07, 6.45) is 14.1. The zero-order valence-electron chi connectivity index (χ0n) is 15.1. The summed E-state index contributed by atoms with van der Waals surface area (Å²) in [5.74, 6) is 0.224. The van der Waals surface area contributed by atoms with Crippen LogP contribution in [0.2, 0.25) is 0 Å². The van der Waals surface area contributed by atoms with E-state index in [0.29, 0.717) is 0 Å². The van der Waals surface area contributed by atoms with Crippen LogP contribution in [0.4, 0.5) is 0 Å². The standard InChI is InChI=1S/C20H36O3/c1-18(21)12-8-4-10-16(18)20(14-6-3-7-15-20)23-17-11-5-9-13-19(17,2)22/h16-17,21-22H,3-15H2,1-2H3. The highest BCUT2D eigenvalue weighted by atomic mass is 16.5. The van der Waals surface area contributed by atoms with E-state index in [9.17, 15) is 10.2 Å². The summed E-state index contributed by atoms with van der Waals surface area (Å²) in [6.45, 7) is 3.97. The summed E-state index contributed by atoms with van der Waals surface area (Å²) in [6, 6.07) is 0. The largest absolute Gasteiger partial charge is 0.390 e. The summed E-state index contributed by atoms with van der Waals surface area (Å²) in [4.78, 5) is 0. The van der Waals surface area contributed by atoms with Gasteiger partial charge in [-0.15, -0.1) is 0 Å². The molecule has 0 aromatic heterocycles. The highest BCUT2D eigenvalue weighted by Gasteiger charge is 2.52. The van der Waals surface area contributed by atoms with Gasteiger partial charge in [0.15, 0.2) is 0 Å². The molecule has 4 unspecified atom stereocenters. The van der Waals surface area contributed by atoms with E-state index < -0.39 is 11.2 Å². The predicted octanol–water partition coefficient (Wildman–Crippen LogP) is 4.34. The predicted molar refractivity (Wildman–Crippen MR) is 92.4 cm³/mol. The summed E-state index contributed by atoms with van der Waals surface area (Å²) in [5.41, 5.74) is -1.53. The van der Waals surface area contributed by atoms with Gasteiger partial charge < -0.3 is 14.9 Å². The van der Waals surface area contributed by atoms with Gasteiger partial charge in [-0.05, 0) is 52.4 Å². The lowest BCUT2D eigenvalue weighted by Gasteiger charge is -2.54. The molecule has 134 valence electrons. The maximum Gasteiger partial charge on any atom is 0.0880 e. The lowest BCUT2D eigenvalue weighted by atomic mass is 9.63. The first-order chi connectivity index (χ1) is 10.9. The molecule has 3 aliphatic rings. The van der Waals surface area contributed by atoms with Gasteiger partial charge in [-0.2, -0.15) is 0 Å². The monoisotopic (exact) mass is 324 g/mol. The minimum Gasteiger partial charge on any atom is -0.390 e. The zero-order valence-corrected chi connectivity index (χ0v) is 15.1. The molecule has 3 rings (SSSR count). The Morgan fingerprint density at radius 1 is 0.696 bits per heavy atom. The molecular formula is C20H36O3. The van der Waals surface area contributed by atoms with Crippen LogP contribution in [0.15, 0.2) is 0 Å². The normalized spacial score (nSPS) is 44.9. The van der Waals surface area contributed by atoms with E-state index in [1.54, 1.807) is 0 Å². The second-order valence-corrected chi connectivity index (χ2v) is 8.99. The number of rotatable bonds is 3. The molecule has 4 atom stereocenters. The van der Waals surface area contributed by atoms with Gasteiger partial charge in [-0.3, -0.25) is 0 Å². The van der Waals surface area contributed by atoms with E-state index in [4.69, 9.17) is 4.74 Å². The topological polar surface area (TPSA) is 49.7 Å². The van der Waals surface area contributed by atoms with Crippen molar-refractivity contribution in [2.45, 2.75) is 120 Å². The molecule has 0 heterocycles. The molecule has 3 heteroatoms. The van der Waals surface area contributed by atoms with Crippen LogP contribution < -0.4 is 0 Å². The van der Waals surface area contributed by atoms with Gasteiger partial charge in [0.1, 0.15) is 0 Å². The fourth-order valence-corrected chi connectivity index (χ4v) is 5.60. The first-order valence-corrected chi connectivity index (χ1v) is 9.98. The average molecular weight is 325 g/mol. The van der Waals surface area contributed by atoms with Gasteiger partial charge in [0.25, 0.3) is 0 Å². The molecule has 0 amide bonds. The van der Waals surface area contributed by atoms with Crippen LogP contribution in [0.3, 0.4) is 0 Å². The molecular weight excluding hydrogens is 288 g/mol. The van der Waals surface area contributed by atoms with E-state index in [0.717, 1.165) is 57.8 Å². The third-order valence-electron chi connectivity index (χ3n) is 6.98. The van der Waals surface area contributed by atoms with Crippen LogP contribution in [0, 0.1) is 5.92 Å². The Morgan fingerprint density at radius 3 is 1.87 bits per heavy atom. The molecule has 23 heavy (non-hydrogen) atoms. The summed E-state index contributed by atoms with van der Waals surface area (Å²) < 4.78 is 6.80. The molecule has 0 spiro atoms. The van der Waals surface area contributed by atoms with Crippen molar-refractivity contribution in [3.8, 4) is 0 Å². The summed E-state index contributed by atoms with van der Waals surface area (Å²) >= 11 is 0. The quantitative estimate of drug-likeness (QED) is 0.812. The van der Waals surface area contributed by atoms with E-state index >= 15 is 0 Å². The van der Waals surface area contributed by atoms with Gasteiger partial charge in [0.05, 0.1) is 22.9 Å². The Bertz CT molecular complexity index is 396. The number of hydrogen-bond acceptors (Lipinski definition) is 3. The third-order valence-corrected chi connectivity index (χ3v) is 6.98. The summed E-state index contributed by atoms with van der Waals surface area (Å²) in [5, 5.41) is 21.9. The van der Waals surface area contributed by atoms with Crippen molar-refractivity contribution in [2.24, 2.45) is 5.92 Å². The van der Waals surface area contributed by atoms with E-state index in [1.807, 2.05) is 13.8 Å². The van der Waals surface area contributed by atoms with Gasteiger partial charge in [0.2, 0.25) is 0 Å². The number of aliphatic hydroxyl groups is 2. The van der Waals surface area contributed by atoms with E-state index in [1.165, 1.54) is 25.7 Å². The Morgan fingerprint density at radius 2 is 1.26 bits per heavy atom. The third kappa shape index (κ3) is 3.62. The van der Waals surface area contributed by atoms with Crippen molar-refractivity contribution in [3.63, 3.8) is 0 Å². The Hall–Kier alpha value is -0.120. The lowest BCUT2D eigenvalue weighted by molar-refractivity contribution is -0.240. The fourth-order valence-electron chi connectivity index (χ4n) is 5.60. The van der Waals surface area contributed by atoms with Crippen LogP contribution in [-0.4, -0.2) is 33.1 Å². The molecule has 0 radical (unpaired) electrons. The maximum atomic E-state index is 11.1. The molecule has 0 bridgehead atoms. The van der Waals surface area contributed by atoms with Gasteiger partial charge in [0, 0.05) is 5.92 Å². The van der Waals surface area contributed by atoms with Crippen molar-refractivity contribution < 1.29 is 14.9 Å². The average Bonchev–Trinajstić information content (AvgIpc) is 2.50. The molecule has 0 saturated heterocycles. The maximum absolute atomic E-state index is 11.1. The molecule has 0 aromatic rings. The van der Waals surface area contributed by atoms with Crippen LogP contribution in [0.25, 0.3) is 0 Å². The number of ether oxygens (including phenoxy) is 1. The van der Waals surface area contributed by atoms with Crippen molar-refractivity contribution in [1.29, 1.82) is 0 Å². The molecule has 3 fully saturated rings. The zero-order chi connectivity index (χ0) is 16.6. The van der Waals surface area contributed by atoms with Crippen molar-refractivity contribution in [3.05, 3.63) is 0 Å². The molecule has 0 aromatic carbocycles. The van der Waals surface area contributed by atoms with Crippen molar-refractivity contribution in [2.75, 3.05) is 0 Å². The lowest BCUT2D eigenvalue weighted by Crippen LogP contribution is -2.58. The Balaban J connectivity index is 1.84. The Kier molecular flexibility index (Phi) is 5.11. The van der Waals surface area contributed by atoms with Crippen LogP contribution in [-0.2, 0) is 4.74 Å². The first-order valence-electron chi connectivity index (χ1n) is 9.98.